The van der Waals surface area contributed by atoms with Gasteiger partial charge in [0.1, 0.15) is 16.4 Å². The maximum Gasteiger partial charge on any atom is 1.00 e. The molecule has 0 unspecified atom stereocenters. The van der Waals surface area contributed by atoms with Crippen LogP contribution < -0.4 is 39.4 Å². The van der Waals surface area contributed by atoms with Crippen LogP contribution in [-0.2, 0) is 16.5 Å². The Morgan fingerprint density at radius 1 is 1.04 bits per heavy atom. The summed E-state index contributed by atoms with van der Waals surface area (Å²) < 4.78 is 37.5. The van der Waals surface area contributed by atoms with Gasteiger partial charge in [0.05, 0.1) is 0 Å². The number of hydrogen-bond acceptors (Lipinski definition) is 4. The van der Waals surface area contributed by atoms with E-state index in [1.54, 1.807) is 18.2 Å². The van der Waals surface area contributed by atoms with Gasteiger partial charge in [-0.25, -0.2) is 0 Å². The summed E-state index contributed by atoms with van der Waals surface area (Å²) in [6.07, 6.45) is 5.30. The van der Waals surface area contributed by atoms with Gasteiger partial charge in [0.15, 0.2) is 0 Å². The Kier molecular flexibility index (Phi) is 8.96. The molecule has 0 amide bonds. The number of unbranched alkanes of at least 4 members (excludes halogenated alkanes) is 3. The van der Waals surface area contributed by atoms with Crippen molar-refractivity contribution in [2.24, 2.45) is 0 Å². The fourth-order valence-corrected chi connectivity index (χ4v) is 3.02. The summed E-state index contributed by atoms with van der Waals surface area (Å²) in [6, 6.07) is 10.5. The molecule has 0 saturated carbocycles. The van der Waals surface area contributed by atoms with E-state index in [-0.39, 0.29) is 51.7 Å². The summed E-state index contributed by atoms with van der Waals surface area (Å²) in [4.78, 5) is -0.363. The van der Waals surface area contributed by atoms with E-state index in [0.717, 1.165) is 31.2 Å². The Balaban J connectivity index is 0.00000312. The third-order valence-corrected chi connectivity index (χ3v) is 4.57. The van der Waals surface area contributed by atoms with Gasteiger partial charge >= 0.3 is 29.6 Å². The van der Waals surface area contributed by atoms with E-state index in [1.165, 1.54) is 30.7 Å². The molecule has 0 radical (unpaired) electrons. The molecule has 0 saturated heterocycles. The van der Waals surface area contributed by atoms with Crippen molar-refractivity contribution < 1.29 is 52.4 Å². The van der Waals surface area contributed by atoms with E-state index < -0.39 is 10.1 Å². The molecule has 0 bridgehead atoms. The maximum absolute atomic E-state index is 12.0. The van der Waals surface area contributed by atoms with Gasteiger partial charge in [-0.3, -0.25) is 4.55 Å². The summed E-state index contributed by atoms with van der Waals surface area (Å²) >= 11 is 0. The molecule has 7 heteroatoms. The van der Waals surface area contributed by atoms with Gasteiger partial charge < -0.3 is 9.84 Å². The molecular formula is C18H21NaO5S. The number of benzene rings is 2. The molecule has 2 aromatic carbocycles. The predicted molar refractivity (Wildman–Crippen MR) is 90.1 cm³/mol. The summed E-state index contributed by atoms with van der Waals surface area (Å²) in [6.45, 7) is 2.14. The summed E-state index contributed by atoms with van der Waals surface area (Å²) in [5.74, 6) is -0.350. The van der Waals surface area contributed by atoms with Crippen molar-refractivity contribution in [2.45, 2.75) is 43.9 Å². The van der Waals surface area contributed by atoms with Crippen LogP contribution in [0.2, 0.25) is 0 Å². The number of hydrogen-bond donors (Lipinski definition) is 1. The van der Waals surface area contributed by atoms with Gasteiger partial charge in [-0.1, -0.05) is 56.2 Å². The van der Waals surface area contributed by atoms with Gasteiger partial charge in [-0.15, -0.1) is 0 Å². The second kappa shape index (κ2) is 10.2. The Labute approximate surface area is 171 Å². The molecular weight excluding hydrogens is 351 g/mol. The molecule has 2 rings (SSSR count). The van der Waals surface area contributed by atoms with Crippen molar-refractivity contribution >= 4 is 10.1 Å². The van der Waals surface area contributed by atoms with Crippen LogP contribution in [0.5, 0.6) is 17.2 Å². The van der Waals surface area contributed by atoms with Crippen LogP contribution in [0.3, 0.4) is 0 Å². The zero-order valence-electron chi connectivity index (χ0n) is 14.6. The zero-order valence-corrected chi connectivity index (χ0v) is 17.4. The van der Waals surface area contributed by atoms with Gasteiger partial charge in [-0.2, -0.15) is 8.42 Å². The van der Waals surface area contributed by atoms with Crippen molar-refractivity contribution in [3.8, 4) is 17.2 Å². The number of para-hydroxylation sites is 1. The van der Waals surface area contributed by atoms with Crippen molar-refractivity contribution in [3.05, 3.63) is 48.0 Å². The Morgan fingerprint density at radius 3 is 2.44 bits per heavy atom. The van der Waals surface area contributed by atoms with E-state index in [0.29, 0.717) is 0 Å². The molecule has 0 aromatic heterocycles. The van der Waals surface area contributed by atoms with Crippen LogP contribution in [0, 0.1) is 0 Å². The van der Waals surface area contributed by atoms with E-state index in [1.807, 2.05) is 0 Å². The second-order valence-electron chi connectivity index (χ2n) is 5.62. The van der Waals surface area contributed by atoms with Crippen molar-refractivity contribution in [1.82, 2.24) is 0 Å². The molecule has 5 nitrogen and oxygen atoms in total. The van der Waals surface area contributed by atoms with Crippen molar-refractivity contribution in [3.63, 3.8) is 0 Å². The van der Waals surface area contributed by atoms with Crippen molar-refractivity contribution in [2.75, 3.05) is 0 Å². The van der Waals surface area contributed by atoms with Gasteiger partial charge in [0.25, 0.3) is 10.1 Å². The first-order chi connectivity index (χ1) is 11.4. The van der Waals surface area contributed by atoms with Gasteiger partial charge in [-0.05, 0) is 36.6 Å². The second-order valence-corrected chi connectivity index (χ2v) is 7.01. The van der Waals surface area contributed by atoms with Gasteiger partial charge in [0, 0.05) is 0 Å². The molecule has 0 atom stereocenters. The molecule has 1 N–H and O–H groups in total. The van der Waals surface area contributed by atoms with E-state index in [4.69, 9.17) is 4.74 Å². The summed E-state index contributed by atoms with van der Waals surface area (Å²) in [5.41, 5.74) is 0.963. The normalized spacial score (nSPS) is 11.0. The molecule has 0 aliphatic carbocycles. The average molecular weight is 372 g/mol. The zero-order chi connectivity index (χ0) is 17.6. The maximum atomic E-state index is 12.0. The topological polar surface area (TPSA) is 86.7 Å². The molecule has 0 aliphatic heterocycles. The smallest absolute Gasteiger partial charge is 0.870 e. The Morgan fingerprint density at radius 2 is 1.76 bits per heavy atom. The molecule has 2 aromatic rings. The molecule has 0 spiro atoms. The minimum absolute atomic E-state index is 0. The summed E-state index contributed by atoms with van der Waals surface area (Å²) in [5, 5.41) is 12.0. The number of ether oxygens (including phenoxy) is 1. The van der Waals surface area contributed by atoms with Crippen LogP contribution in [0.1, 0.15) is 38.2 Å². The average Bonchev–Trinajstić information content (AvgIpc) is 2.54. The van der Waals surface area contributed by atoms with E-state index >= 15 is 0 Å². The fourth-order valence-electron chi connectivity index (χ4n) is 2.41. The molecule has 25 heavy (non-hydrogen) atoms. The monoisotopic (exact) mass is 372 g/mol. The van der Waals surface area contributed by atoms with E-state index in [2.05, 4.69) is 6.92 Å². The SMILES string of the molecule is CCCCCCc1ccc([O-])c(Oc2ccccc2S(=O)(=O)O)c1.[Na+]. The first kappa shape index (κ1) is 22.0. The third-order valence-electron chi connectivity index (χ3n) is 3.67. The van der Waals surface area contributed by atoms with Crippen LogP contribution >= 0.6 is 0 Å². The molecule has 0 heterocycles. The first-order valence-corrected chi connectivity index (χ1v) is 9.40. The van der Waals surface area contributed by atoms with Crippen LogP contribution in [0.25, 0.3) is 0 Å². The first-order valence-electron chi connectivity index (χ1n) is 7.96. The van der Waals surface area contributed by atoms with Crippen LogP contribution in [-0.4, -0.2) is 13.0 Å². The number of rotatable bonds is 8. The van der Waals surface area contributed by atoms with E-state index in [9.17, 15) is 18.1 Å². The third kappa shape index (κ3) is 6.64. The van der Waals surface area contributed by atoms with Crippen molar-refractivity contribution in [1.29, 1.82) is 0 Å². The van der Waals surface area contributed by atoms with Crippen LogP contribution in [0.15, 0.2) is 47.4 Å². The van der Waals surface area contributed by atoms with Crippen LogP contribution in [0.4, 0.5) is 0 Å². The molecule has 0 fully saturated rings. The largest absolute Gasteiger partial charge is 1.00 e. The quantitative estimate of drug-likeness (QED) is 0.423. The Hall–Kier alpha value is -1.05. The standard InChI is InChI=1S/C18H22O5S.Na/c1-2-3-4-5-8-14-11-12-15(19)17(13-14)23-16-9-6-7-10-18(16)24(20,21)22;/h6-7,9-13,19H,2-5,8H2,1H3,(H,20,21,22);/q;+1/p-1. The molecule has 0 aliphatic rings. The summed E-state index contributed by atoms with van der Waals surface area (Å²) in [7, 11) is -4.42. The fraction of sp³-hybridized carbons (Fsp3) is 0.333. The number of aryl methyl sites for hydroxylation is 1. The minimum atomic E-state index is -4.42. The Bertz CT molecular complexity index is 790. The predicted octanol–water partition coefficient (Wildman–Crippen LogP) is 0.926. The molecule has 130 valence electrons. The van der Waals surface area contributed by atoms with Gasteiger partial charge in [0.2, 0.25) is 0 Å². The minimum Gasteiger partial charge on any atom is -0.870 e.